The molecule has 0 saturated heterocycles. The van der Waals surface area contributed by atoms with Gasteiger partial charge in [0, 0.05) is 40.1 Å². The number of alkyl halides is 14. The molecular formula is C20H22CuF14O4. The second kappa shape index (κ2) is 12.2. The Labute approximate surface area is 222 Å². The Bertz CT molecular complexity index is 858. The zero-order chi connectivity index (χ0) is 31.7. The fraction of sp³-hybridized carbons (Fsp3) is 0.700. The summed E-state index contributed by atoms with van der Waals surface area (Å²) in [5.41, 5.74) is -2.64. The Morgan fingerprint density at radius 1 is 0.487 bits per heavy atom. The van der Waals surface area contributed by atoms with Crippen LogP contribution in [0.2, 0.25) is 0 Å². The minimum Gasteiger partial charge on any atom is -0.506 e. The number of carbonyl (C=O) groups is 2. The largest absolute Gasteiger partial charge is 0.506 e. The molecule has 4 nitrogen and oxygen atoms in total. The third-order valence-corrected chi connectivity index (χ3v) is 4.16. The van der Waals surface area contributed by atoms with Gasteiger partial charge in [-0.1, -0.05) is 41.5 Å². The Morgan fingerprint density at radius 2 is 0.667 bits per heavy atom. The van der Waals surface area contributed by atoms with E-state index in [0.717, 1.165) is 0 Å². The molecule has 0 unspecified atom stereocenters. The van der Waals surface area contributed by atoms with Gasteiger partial charge in [0.1, 0.15) is 0 Å². The Morgan fingerprint density at radius 3 is 0.795 bits per heavy atom. The molecule has 0 spiro atoms. The first-order valence-electron chi connectivity index (χ1n) is 9.66. The quantitative estimate of drug-likeness (QED) is 0.133. The van der Waals surface area contributed by atoms with E-state index >= 15 is 0 Å². The van der Waals surface area contributed by atoms with Gasteiger partial charge in [-0.3, -0.25) is 9.59 Å². The predicted octanol–water partition coefficient (Wildman–Crippen LogP) is 7.75. The average Bonchev–Trinajstić information content (AvgIpc) is 2.64. The number of hydrogen-bond acceptors (Lipinski definition) is 4. The van der Waals surface area contributed by atoms with E-state index in [0.29, 0.717) is 0 Å². The molecule has 0 rings (SSSR count). The van der Waals surface area contributed by atoms with Gasteiger partial charge in [-0.05, 0) is 0 Å². The summed E-state index contributed by atoms with van der Waals surface area (Å²) < 4.78 is 173. The number of halogens is 14. The van der Waals surface area contributed by atoms with Crippen molar-refractivity contribution in [1.29, 1.82) is 0 Å². The third kappa shape index (κ3) is 9.53. The van der Waals surface area contributed by atoms with Gasteiger partial charge in [0.05, 0.1) is 0 Å². The van der Waals surface area contributed by atoms with Crippen LogP contribution in [0.15, 0.2) is 23.7 Å². The summed E-state index contributed by atoms with van der Waals surface area (Å²) in [5.74, 6) is -32.5. The van der Waals surface area contributed by atoms with Gasteiger partial charge in [0.2, 0.25) is 0 Å². The first kappa shape index (κ1) is 41.4. The number of allylic oxidation sites excluding steroid dienone is 4. The van der Waals surface area contributed by atoms with E-state index < -0.39 is 70.0 Å². The monoisotopic (exact) mass is 655 g/mol. The predicted molar refractivity (Wildman–Crippen MR) is 102 cm³/mol. The summed E-state index contributed by atoms with van der Waals surface area (Å²) in [6.07, 6.45) is -13.8. The van der Waals surface area contributed by atoms with Crippen molar-refractivity contribution in [2.75, 3.05) is 0 Å². The van der Waals surface area contributed by atoms with Gasteiger partial charge in [-0.2, -0.15) is 61.5 Å². The molecular weight excluding hydrogens is 634 g/mol. The average molecular weight is 656 g/mol. The molecule has 0 aliphatic heterocycles. The molecule has 0 aromatic carbocycles. The number of rotatable bonds is 6. The van der Waals surface area contributed by atoms with E-state index in [1.807, 2.05) is 0 Å². The molecule has 0 heterocycles. The van der Waals surface area contributed by atoms with Gasteiger partial charge in [0.15, 0.2) is 23.1 Å². The van der Waals surface area contributed by atoms with Crippen molar-refractivity contribution in [2.24, 2.45) is 10.8 Å². The van der Waals surface area contributed by atoms with Gasteiger partial charge >= 0.3 is 36.0 Å². The van der Waals surface area contributed by atoms with Crippen LogP contribution in [0.25, 0.3) is 0 Å². The minimum absolute atomic E-state index is 0. The maximum Gasteiger partial charge on any atom is 0.460 e. The van der Waals surface area contributed by atoms with Gasteiger partial charge in [-0.15, -0.1) is 0 Å². The molecule has 0 fully saturated rings. The molecule has 0 amide bonds. The van der Waals surface area contributed by atoms with Crippen molar-refractivity contribution in [3.8, 4) is 0 Å². The molecule has 39 heavy (non-hydrogen) atoms. The SMILES string of the molecule is CC(C)(C)C(=O)/C=C(\O)C(F)(F)C(F)(F)C(F)(F)F.CC(C)(C)C(=O)/C=C(\O)C(F)(F)C(F)(F)C(F)(F)F.[Cu]. The van der Waals surface area contributed by atoms with Crippen LogP contribution in [0.3, 0.4) is 0 Å². The second-order valence-electron chi connectivity index (χ2n) is 9.58. The molecule has 19 heteroatoms. The van der Waals surface area contributed by atoms with Crippen LogP contribution in [-0.2, 0) is 26.7 Å². The van der Waals surface area contributed by atoms with E-state index in [-0.39, 0.29) is 29.2 Å². The van der Waals surface area contributed by atoms with Crippen LogP contribution in [0.1, 0.15) is 41.5 Å². The maximum atomic E-state index is 12.9. The van der Waals surface area contributed by atoms with E-state index in [4.69, 9.17) is 10.2 Å². The molecule has 0 atom stereocenters. The Kier molecular flexibility index (Phi) is 13.0. The summed E-state index contributed by atoms with van der Waals surface area (Å²) in [7, 11) is 0. The fourth-order valence-corrected chi connectivity index (χ4v) is 1.54. The van der Waals surface area contributed by atoms with Gasteiger partial charge < -0.3 is 10.2 Å². The van der Waals surface area contributed by atoms with Crippen LogP contribution in [-0.4, -0.2) is 57.8 Å². The van der Waals surface area contributed by atoms with Crippen LogP contribution in [0.5, 0.6) is 0 Å². The molecule has 0 bridgehead atoms. The van der Waals surface area contributed by atoms with Crippen molar-refractivity contribution in [2.45, 2.75) is 77.6 Å². The summed E-state index contributed by atoms with van der Waals surface area (Å²) in [5, 5.41) is 17.4. The van der Waals surface area contributed by atoms with Gasteiger partial charge in [-0.25, -0.2) is 0 Å². The molecule has 0 aromatic heterocycles. The topological polar surface area (TPSA) is 74.6 Å². The number of aliphatic hydroxyl groups excluding tert-OH is 2. The molecule has 1 radical (unpaired) electrons. The van der Waals surface area contributed by atoms with Crippen molar-refractivity contribution in [1.82, 2.24) is 0 Å². The summed E-state index contributed by atoms with van der Waals surface area (Å²) in [4.78, 5) is 22.4. The first-order valence-corrected chi connectivity index (χ1v) is 9.66. The number of carbonyl (C=O) groups excluding carboxylic acids is 2. The van der Waals surface area contributed by atoms with E-state index in [2.05, 4.69) is 0 Å². The van der Waals surface area contributed by atoms with E-state index in [1.54, 1.807) is 0 Å². The van der Waals surface area contributed by atoms with E-state index in [9.17, 15) is 71.1 Å². The number of ketones is 2. The van der Waals surface area contributed by atoms with Gasteiger partial charge in [0.25, 0.3) is 0 Å². The smallest absolute Gasteiger partial charge is 0.460 e. The number of hydrogen-bond donors (Lipinski definition) is 2. The van der Waals surface area contributed by atoms with Crippen molar-refractivity contribution in [3.05, 3.63) is 23.7 Å². The minimum atomic E-state index is -6.57. The summed E-state index contributed by atoms with van der Waals surface area (Å²) in [6, 6.07) is 0. The van der Waals surface area contributed by atoms with Crippen molar-refractivity contribution in [3.63, 3.8) is 0 Å². The Hall–Kier alpha value is -2.04. The van der Waals surface area contributed by atoms with E-state index in [1.165, 1.54) is 41.5 Å². The summed E-state index contributed by atoms with van der Waals surface area (Å²) in [6.45, 7) is 7.24. The summed E-state index contributed by atoms with van der Waals surface area (Å²) >= 11 is 0. The number of aliphatic hydroxyl groups is 2. The normalized spacial score (nSPS) is 15.2. The van der Waals surface area contributed by atoms with Crippen molar-refractivity contribution < 1.29 is 98.3 Å². The molecule has 2 N–H and O–H groups in total. The van der Waals surface area contributed by atoms with Crippen molar-refractivity contribution >= 4 is 11.6 Å². The first-order chi connectivity index (χ1) is 16.1. The molecule has 0 aliphatic rings. The van der Waals surface area contributed by atoms with Crippen LogP contribution < -0.4 is 0 Å². The maximum absolute atomic E-state index is 12.9. The standard InChI is InChI=1S/2C10H11F7O2.Cu/c2*1-7(2,3)5(18)4-6(19)8(11,12)9(13,14)10(15,16)17;/h2*4,19H,1-3H3;/b2*6-4-;. The molecule has 235 valence electrons. The third-order valence-electron chi connectivity index (χ3n) is 4.16. The molecule has 0 saturated carbocycles. The molecule has 0 aliphatic carbocycles. The van der Waals surface area contributed by atoms with Crippen LogP contribution >= 0.6 is 0 Å². The molecule has 0 aromatic rings. The van der Waals surface area contributed by atoms with Crippen LogP contribution in [0.4, 0.5) is 61.5 Å². The zero-order valence-corrected chi connectivity index (χ0v) is 21.4. The second-order valence-corrected chi connectivity index (χ2v) is 9.58. The Balaban J connectivity index is -0.000000648. The van der Waals surface area contributed by atoms with Crippen LogP contribution in [0, 0.1) is 10.8 Å². The fourth-order valence-electron chi connectivity index (χ4n) is 1.54. The zero-order valence-electron chi connectivity index (χ0n) is 20.5.